The van der Waals surface area contributed by atoms with Crippen molar-refractivity contribution in [2.24, 2.45) is 0 Å². The Hall–Kier alpha value is -0.230. The highest BCUT2D eigenvalue weighted by Gasteiger charge is 1.82. The van der Waals surface area contributed by atoms with Crippen molar-refractivity contribution in [2.75, 3.05) is 0 Å². The van der Waals surface area contributed by atoms with Crippen LogP contribution < -0.4 is 0 Å². The normalized spacial score (nSPS) is 11.3. The zero-order valence-electron chi connectivity index (χ0n) is 6.24. The summed E-state index contributed by atoms with van der Waals surface area (Å²) >= 11 is 5.76. The maximum absolute atomic E-state index is 5.76. The van der Waals surface area contributed by atoms with Gasteiger partial charge < -0.3 is 0 Å². The number of hydrogen-bond donors (Lipinski definition) is 0. The second kappa shape index (κ2) is 4.63. The van der Waals surface area contributed by atoms with E-state index in [1.54, 1.807) is 0 Å². The fourth-order valence-corrected chi connectivity index (χ4v) is 0.902. The van der Waals surface area contributed by atoms with Crippen molar-refractivity contribution in [1.29, 1.82) is 0 Å². The number of hydrogen-bond acceptors (Lipinski definition) is 0. The summed E-state index contributed by atoms with van der Waals surface area (Å²) < 4.78 is 0. The first kappa shape index (κ1) is 8.77. The van der Waals surface area contributed by atoms with Gasteiger partial charge in [-0.15, -0.1) is 0 Å². The van der Waals surface area contributed by atoms with E-state index in [9.17, 15) is 0 Å². The summed E-state index contributed by atoms with van der Waals surface area (Å²) in [5.41, 5.74) is 1.24. The van der Waals surface area contributed by atoms with E-state index in [1.165, 1.54) is 5.57 Å². The van der Waals surface area contributed by atoms with E-state index in [0.717, 1.165) is 11.5 Å². The first-order chi connectivity index (χ1) is 4.16. The number of halogens is 1. The Morgan fingerprint density at radius 2 is 2.00 bits per heavy atom. The molecule has 0 aromatic rings. The fraction of sp³-hybridized carbons (Fsp3) is 0.500. The van der Waals surface area contributed by atoms with Crippen LogP contribution in [0.1, 0.15) is 27.2 Å². The Bertz CT molecular complexity index is 128. The van der Waals surface area contributed by atoms with Crippen molar-refractivity contribution in [3.63, 3.8) is 0 Å². The quantitative estimate of drug-likeness (QED) is 0.521. The average molecular weight is 145 g/mol. The van der Waals surface area contributed by atoms with Crippen LogP contribution in [0.5, 0.6) is 0 Å². The van der Waals surface area contributed by atoms with Crippen LogP contribution in [0.25, 0.3) is 0 Å². The lowest BCUT2D eigenvalue weighted by Gasteiger charge is -1.88. The van der Waals surface area contributed by atoms with Crippen LogP contribution in [0.3, 0.4) is 0 Å². The van der Waals surface area contributed by atoms with Gasteiger partial charge in [-0.25, -0.2) is 0 Å². The maximum Gasteiger partial charge on any atom is 0.0365 e. The predicted octanol–water partition coefficient (Wildman–Crippen LogP) is 3.49. The standard InChI is InChI=1S/C8H13Cl/c1-4-5-8(9)6-7(2)3/h5-6H,4H2,1-3H3/b8-5+. The summed E-state index contributed by atoms with van der Waals surface area (Å²) in [6, 6.07) is 0. The summed E-state index contributed by atoms with van der Waals surface area (Å²) in [6.07, 6.45) is 4.96. The van der Waals surface area contributed by atoms with Gasteiger partial charge in [0.05, 0.1) is 0 Å². The molecule has 0 aliphatic carbocycles. The molecule has 0 bridgehead atoms. The lowest BCUT2D eigenvalue weighted by Crippen LogP contribution is -1.66. The van der Waals surface area contributed by atoms with Crippen LogP contribution in [0.15, 0.2) is 22.8 Å². The van der Waals surface area contributed by atoms with Crippen molar-refractivity contribution in [3.05, 3.63) is 22.8 Å². The molecule has 0 nitrogen and oxygen atoms in total. The zero-order chi connectivity index (χ0) is 7.28. The first-order valence-corrected chi connectivity index (χ1v) is 3.55. The van der Waals surface area contributed by atoms with Crippen molar-refractivity contribution >= 4 is 11.6 Å². The molecule has 0 saturated heterocycles. The molecule has 0 saturated carbocycles. The monoisotopic (exact) mass is 144 g/mol. The van der Waals surface area contributed by atoms with Crippen molar-refractivity contribution in [2.45, 2.75) is 27.2 Å². The molecule has 0 N–H and O–H groups in total. The number of allylic oxidation sites excluding steroid dienone is 4. The minimum atomic E-state index is 0.845. The summed E-state index contributed by atoms with van der Waals surface area (Å²) in [6.45, 7) is 6.14. The van der Waals surface area contributed by atoms with Crippen molar-refractivity contribution < 1.29 is 0 Å². The summed E-state index contributed by atoms with van der Waals surface area (Å²) in [4.78, 5) is 0. The second-order valence-corrected chi connectivity index (χ2v) is 2.66. The third kappa shape index (κ3) is 5.64. The van der Waals surface area contributed by atoms with Gasteiger partial charge in [0.2, 0.25) is 0 Å². The number of rotatable bonds is 2. The third-order valence-corrected chi connectivity index (χ3v) is 1.09. The van der Waals surface area contributed by atoms with Crippen LogP contribution in [0, 0.1) is 0 Å². The molecule has 0 aromatic carbocycles. The van der Waals surface area contributed by atoms with E-state index in [1.807, 2.05) is 26.0 Å². The molecule has 0 heterocycles. The van der Waals surface area contributed by atoms with Crippen LogP contribution >= 0.6 is 11.6 Å². The molecule has 0 fully saturated rings. The lowest BCUT2D eigenvalue weighted by atomic mass is 10.3. The Balaban J connectivity index is 3.90. The van der Waals surface area contributed by atoms with Crippen LogP contribution in [-0.4, -0.2) is 0 Å². The Morgan fingerprint density at radius 3 is 2.33 bits per heavy atom. The van der Waals surface area contributed by atoms with Crippen LogP contribution in [0.2, 0.25) is 0 Å². The van der Waals surface area contributed by atoms with Gasteiger partial charge in [0.1, 0.15) is 0 Å². The molecule has 0 rings (SSSR count). The van der Waals surface area contributed by atoms with Crippen molar-refractivity contribution in [1.82, 2.24) is 0 Å². The molecule has 0 radical (unpaired) electrons. The van der Waals surface area contributed by atoms with Gasteiger partial charge in [-0.1, -0.05) is 30.2 Å². The molecule has 52 valence electrons. The molecule has 0 spiro atoms. The Labute approximate surface area is 62.2 Å². The SMILES string of the molecule is CC/C=C(/Cl)C=C(C)C. The highest BCUT2D eigenvalue weighted by Crippen LogP contribution is 2.06. The Kier molecular flexibility index (Phi) is 4.51. The second-order valence-electron chi connectivity index (χ2n) is 2.22. The van der Waals surface area contributed by atoms with E-state index in [0.29, 0.717) is 0 Å². The molecule has 0 aliphatic heterocycles. The molecular weight excluding hydrogens is 132 g/mol. The summed E-state index contributed by atoms with van der Waals surface area (Å²) in [5, 5.41) is 0.845. The van der Waals surface area contributed by atoms with E-state index >= 15 is 0 Å². The van der Waals surface area contributed by atoms with E-state index in [2.05, 4.69) is 6.92 Å². The minimum Gasteiger partial charge on any atom is -0.0847 e. The van der Waals surface area contributed by atoms with Gasteiger partial charge in [0.25, 0.3) is 0 Å². The fourth-order valence-electron chi connectivity index (χ4n) is 0.530. The van der Waals surface area contributed by atoms with Crippen LogP contribution in [-0.2, 0) is 0 Å². The zero-order valence-corrected chi connectivity index (χ0v) is 7.00. The molecule has 9 heavy (non-hydrogen) atoms. The maximum atomic E-state index is 5.76. The predicted molar refractivity (Wildman–Crippen MR) is 43.7 cm³/mol. The molecule has 0 atom stereocenters. The topological polar surface area (TPSA) is 0 Å². The highest BCUT2D eigenvalue weighted by molar-refractivity contribution is 6.31. The average Bonchev–Trinajstić information content (AvgIpc) is 1.63. The highest BCUT2D eigenvalue weighted by atomic mass is 35.5. The minimum absolute atomic E-state index is 0.845. The molecule has 0 unspecified atom stereocenters. The van der Waals surface area contributed by atoms with Crippen LogP contribution in [0.4, 0.5) is 0 Å². The van der Waals surface area contributed by atoms with E-state index in [4.69, 9.17) is 11.6 Å². The van der Waals surface area contributed by atoms with Gasteiger partial charge in [0.15, 0.2) is 0 Å². The first-order valence-electron chi connectivity index (χ1n) is 3.17. The van der Waals surface area contributed by atoms with Gasteiger partial charge in [-0.3, -0.25) is 0 Å². The van der Waals surface area contributed by atoms with Gasteiger partial charge >= 0.3 is 0 Å². The largest absolute Gasteiger partial charge is 0.0847 e. The Morgan fingerprint density at radius 1 is 1.44 bits per heavy atom. The van der Waals surface area contributed by atoms with Gasteiger partial charge in [-0.2, -0.15) is 0 Å². The molecular formula is C8H13Cl. The summed E-state index contributed by atoms with van der Waals surface area (Å²) in [5.74, 6) is 0. The lowest BCUT2D eigenvalue weighted by molar-refractivity contribution is 1.22. The molecule has 0 aromatic heterocycles. The van der Waals surface area contributed by atoms with E-state index in [-0.39, 0.29) is 0 Å². The summed E-state index contributed by atoms with van der Waals surface area (Å²) in [7, 11) is 0. The third-order valence-electron chi connectivity index (χ3n) is 0.826. The van der Waals surface area contributed by atoms with E-state index < -0.39 is 0 Å². The van der Waals surface area contributed by atoms with Gasteiger partial charge in [0, 0.05) is 5.03 Å². The molecule has 0 aliphatic rings. The molecule has 0 amide bonds. The smallest absolute Gasteiger partial charge is 0.0365 e. The van der Waals surface area contributed by atoms with Crippen molar-refractivity contribution in [3.8, 4) is 0 Å². The van der Waals surface area contributed by atoms with Gasteiger partial charge in [-0.05, 0) is 26.3 Å². The molecule has 1 heteroatoms.